The van der Waals surface area contributed by atoms with E-state index in [-0.39, 0.29) is 5.91 Å². The number of imidazole rings is 1. The van der Waals surface area contributed by atoms with Gasteiger partial charge in [0.15, 0.2) is 0 Å². The molecule has 0 saturated carbocycles. The van der Waals surface area contributed by atoms with Gasteiger partial charge in [-0.25, -0.2) is 4.98 Å². The van der Waals surface area contributed by atoms with Crippen LogP contribution in [0.3, 0.4) is 0 Å². The van der Waals surface area contributed by atoms with Crippen LogP contribution in [-0.4, -0.2) is 15.9 Å². The Balaban J connectivity index is 2.22. The average Bonchev–Trinajstić information content (AvgIpc) is 2.57. The molecule has 0 spiro atoms. The van der Waals surface area contributed by atoms with Crippen molar-refractivity contribution in [3.63, 3.8) is 0 Å². The molecule has 1 amide bonds. The third kappa shape index (κ3) is 1.66. The van der Waals surface area contributed by atoms with E-state index in [9.17, 15) is 4.79 Å². The van der Waals surface area contributed by atoms with Crippen LogP contribution in [-0.2, 0) is 4.79 Å². The number of amides is 1. The van der Waals surface area contributed by atoms with Crippen molar-refractivity contribution in [2.45, 2.75) is 6.92 Å². The Morgan fingerprint density at radius 3 is 2.93 bits per heavy atom. The van der Waals surface area contributed by atoms with Crippen LogP contribution in [0.5, 0.6) is 0 Å². The number of carbonyl (C=O) groups excluding carboxylic acids is 1. The van der Waals surface area contributed by atoms with Gasteiger partial charge in [-0.15, -0.1) is 0 Å². The van der Waals surface area contributed by atoms with Gasteiger partial charge in [0.1, 0.15) is 0 Å². The Morgan fingerprint density at radius 2 is 2.21 bits per heavy atom. The van der Waals surface area contributed by atoms with Gasteiger partial charge in [0, 0.05) is 6.92 Å². The number of carbonyl (C=O) groups is 1. The first-order valence-corrected chi connectivity index (χ1v) is 4.23. The molecule has 0 atom stereocenters. The van der Waals surface area contributed by atoms with E-state index < -0.39 is 0 Å². The maximum absolute atomic E-state index is 10.6. The largest absolute Gasteiger partial charge is 0.323 e. The average molecular weight is 190 g/mol. The fourth-order valence-corrected chi connectivity index (χ4v) is 1.16. The van der Waals surface area contributed by atoms with Crippen LogP contribution in [0.25, 0.3) is 11.0 Å². The molecule has 0 aliphatic carbocycles. The maximum atomic E-state index is 10.6. The molecule has 5 heteroatoms. The Morgan fingerprint density at radius 1 is 1.43 bits per heavy atom. The number of H-pyrrole nitrogens is 1. The Kier molecular flexibility index (Phi) is 2.06. The molecule has 1 aromatic heterocycles. The predicted molar refractivity (Wildman–Crippen MR) is 53.5 cm³/mol. The summed E-state index contributed by atoms with van der Waals surface area (Å²) in [7, 11) is 0. The van der Waals surface area contributed by atoms with Gasteiger partial charge in [-0.2, -0.15) is 0 Å². The number of hydrazine groups is 1. The van der Waals surface area contributed by atoms with Gasteiger partial charge < -0.3 is 4.98 Å². The highest BCUT2D eigenvalue weighted by molar-refractivity contribution is 5.78. The number of fused-ring (bicyclic) bond motifs is 1. The van der Waals surface area contributed by atoms with Crippen LogP contribution in [0, 0.1) is 0 Å². The van der Waals surface area contributed by atoms with Gasteiger partial charge in [-0.3, -0.25) is 15.6 Å². The van der Waals surface area contributed by atoms with Gasteiger partial charge in [0.2, 0.25) is 11.9 Å². The molecular weight excluding hydrogens is 180 g/mol. The van der Waals surface area contributed by atoms with Crippen LogP contribution in [0.2, 0.25) is 0 Å². The quantitative estimate of drug-likeness (QED) is 0.619. The molecule has 0 fully saturated rings. The SMILES string of the molecule is CC(=O)NNc1nc2ccccc2[nH]1. The number of hydrogen-bond acceptors (Lipinski definition) is 3. The second-order valence-corrected chi connectivity index (χ2v) is 2.91. The summed E-state index contributed by atoms with van der Waals surface area (Å²) in [6, 6.07) is 7.64. The molecule has 0 aliphatic heterocycles. The zero-order valence-electron chi connectivity index (χ0n) is 7.66. The van der Waals surface area contributed by atoms with E-state index in [0.29, 0.717) is 5.95 Å². The number of nitrogens with zero attached hydrogens (tertiary/aromatic N) is 1. The first kappa shape index (κ1) is 8.55. The fourth-order valence-electron chi connectivity index (χ4n) is 1.16. The number of aromatic amines is 1. The molecule has 5 nitrogen and oxygen atoms in total. The van der Waals surface area contributed by atoms with Crippen LogP contribution in [0.1, 0.15) is 6.92 Å². The van der Waals surface area contributed by atoms with Crippen molar-refractivity contribution in [1.82, 2.24) is 15.4 Å². The summed E-state index contributed by atoms with van der Waals surface area (Å²) in [5.74, 6) is 0.367. The van der Waals surface area contributed by atoms with Gasteiger partial charge >= 0.3 is 0 Å². The lowest BCUT2D eigenvalue weighted by Gasteiger charge is -2.00. The lowest BCUT2D eigenvalue weighted by molar-refractivity contribution is -0.118. The molecule has 0 bridgehead atoms. The number of hydrogen-bond donors (Lipinski definition) is 3. The minimum absolute atomic E-state index is 0.162. The topological polar surface area (TPSA) is 69.8 Å². The summed E-state index contributed by atoms with van der Waals surface area (Å²) in [4.78, 5) is 17.8. The third-order valence-corrected chi connectivity index (χ3v) is 1.75. The van der Waals surface area contributed by atoms with E-state index in [1.165, 1.54) is 6.92 Å². The fraction of sp³-hybridized carbons (Fsp3) is 0.111. The number of anilines is 1. The minimum Gasteiger partial charge on any atom is -0.323 e. The summed E-state index contributed by atoms with van der Waals surface area (Å²) in [6.07, 6.45) is 0. The standard InChI is InChI=1S/C9H10N4O/c1-6(14)12-13-9-10-7-4-2-3-5-8(7)11-9/h2-5H,1H3,(H,12,14)(H2,10,11,13). The highest BCUT2D eigenvalue weighted by Crippen LogP contribution is 2.12. The molecule has 72 valence electrons. The zero-order chi connectivity index (χ0) is 9.97. The minimum atomic E-state index is -0.162. The Bertz CT molecular complexity index is 430. The van der Waals surface area contributed by atoms with Crippen LogP contribution in [0.4, 0.5) is 5.95 Å². The van der Waals surface area contributed by atoms with Crippen molar-refractivity contribution in [3.8, 4) is 0 Å². The Labute approximate surface area is 80.5 Å². The third-order valence-electron chi connectivity index (χ3n) is 1.75. The van der Waals surface area contributed by atoms with Crippen LogP contribution < -0.4 is 10.9 Å². The van der Waals surface area contributed by atoms with Crippen molar-refractivity contribution in [2.24, 2.45) is 0 Å². The van der Waals surface area contributed by atoms with Crippen molar-refractivity contribution in [3.05, 3.63) is 24.3 Å². The van der Waals surface area contributed by atoms with E-state index in [1.54, 1.807) is 0 Å². The molecule has 1 heterocycles. The summed E-state index contributed by atoms with van der Waals surface area (Å²) in [6.45, 7) is 1.43. The second-order valence-electron chi connectivity index (χ2n) is 2.91. The molecule has 0 unspecified atom stereocenters. The van der Waals surface area contributed by atoms with Gasteiger partial charge in [0.05, 0.1) is 11.0 Å². The molecule has 14 heavy (non-hydrogen) atoms. The van der Waals surface area contributed by atoms with Gasteiger partial charge in [0.25, 0.3) is 0 Å². The second kappa shape index (κ2) is 3.37. The van der Waals surface area contributed by atoms with E-state index in [1.807, 2.05) is 24.3 Å². The zero-order valence-corrected chi connectivity index (χ0v) is 7.66. The molecule has 0 aliphatic rings. The predicted octanol–water partition coefficient (Wildman–Crippen LogP) is 1.03. The van der Waals surface area contributed by atoms with E-state index in [2.05, 4.69) is 20.8 Å². The van der Waals surface area contributed by atoms with E-state index in [0.717, 1.165) is 11.0 Å². The van der Waals surface area contributed by atoms with Gasteiger partial charge in [-0.1, -0.05) is 12.1 Å². The number of benzene rings is 1. The summed E-state index contributed by atoms with van der Waals surface area (Å²) in [5, 5.41) is 0. The highest BCUT2D eigenvalue weighted by atomic mass is 16.2. The smallest absolute Gasteiger partial charge is 0.235 e. The van der Waals surface area contributed by atoms with Crippen molar-refractivity contribution in [1.29, 1.82) is 0 Å². The van der Waals surface area contributed by atoms with Crippen LogP contribution in [0.15, 0.2) is 24.3 Å². The molecule has 2 rings (SSSR count). The molecule has 2 aromatic rings. The number of nitrogens with one attached hydrogen (secondary N) is 3. The van der Waals surface area contributed by atoms with Crippen LogP contribution >= 0.6 is 0 Å². The highest BCUT2D eigenvalue weighted by Gasteiger charge is 2.00. The number of para-hydroxylation sites is 2. The lowest BCUT2D eigenvalue weighted by atomic mass is 10.3. The first-order valence-electron chi connectivity index (χ1n) is 4.23. The van der Waals surface area contributed by atoms with Crippen molar-refractivity contribution >= 4 is 22.9 Å². The Hall–Kier alpha value is -2.04. The first-order chi connectivity index (χ1) is 6.75. The number of rotatable bonds is 2. The van der Waals surface area contributed by atoms with Gasteiger partial charge in [-0.05, 0) is 12.1 Å². The summed E-state index contributed by atoms with van der Waals surface area (Å²) in [5.41, 5.74) is 6.90. The monoisotopic (exact) mass is 190 g/mol. The molecule has 0 saturated heterocycles. The molecular formula is C9H10N4O. The summed E-state index contributed by atoms with van der Waals surface area (Å²) < 4.78 is 0. The molecule has 3 N–H and O–H groups in total. The van der Waals surface area contributed by atoms with E-state index >= 15 is 0 Å². The normalized spacial score (nSPS) is 10.1. The van der Waals surface area contributed by atoms with Crippen molar-refractivity contribution < 1.29 is 4.79 Å². The number of aromatic nitrogens is 2. The maximum Gasteiger partial charge on any atom is 0.235 e. The van der Waals surface area contributed by atoms with E-state index in [4.69, 9.17) is 0 Å². The molecule has 1 aromatic carbocycles. The van der Waals surface area contributed by atoms with Crippen molar-refractivity contribution in [2.75, 3.05) is 5.43 Å². The summed E-state index contributed by atoms with van der Waals surface area (Å²) >= 11 is 0. The molecule has 0 radical (unpaired) electrons. The lowest BCUT2D eigenvalue weighted by Crippen LogP contribution is -2.27.